The second-order valence-electron chi connectivity index (χ2n) is 6.79. The molecular formula is C20H21F3N2O4S2. The van der Waals surface area contributed by atoms with E-state index in [2.05, 4.69) is 4.72 Å². The highest BCUT2D eigenvalue weighted by atomic mass is 32.2. The minimum Gasteiger partial charge on any atom is -0.378 e. The Labute approximate surface area is 182 Å². The van der Waals surface area contributed by atoms with E-state index in [4.69, 9.17) is 4.74 Å². The van der Waals surface area contributed by atoms with Crippen LogP contribution in [0.3, 0.4) is 0 Å². The Balaban J connectivity index is 1.82. The summed E-state index contributed by atoms with van der Waals surface area (Å²) in [5.74, 6) is -0.289. The third-order valence-corrected chi connectivity index (χ3v) is 6.93. The van der Waals surface area contributed by atoms with Crippen molar-refractivity contribution in [1.82, 2.24) is 9.62 Å². The van der Waals surface area contributed by atoms with Crippen molar-refractivity contribution in [2.24, 2.45) is 0 Å². The number of rotatable bonds is 6. The van der Waals surface area contributed by atoms with Crippen LogP contribution in [0.1, 0.15) is 21.5 Å². The van der Waals surface area contributed by atoms with Gasteiger partial charge in [-0.15, -0.1) is 11.8 Å². The number of alkyl halides is 3. The van der Waals surface area contributed by atoms with Gasteiger partial charge in [0, 0.05) is 24.5 Å². The van der Waals surface area contributed by atoms with E-state index in [1.54, 1.807) is 17.2 Å². The standard InChI is InChI=1S/C20H21F3N2O4S2/c1-30-18-6-5-16(12-17(18)19(26)25-7-9-29-10-8-25)31(27,28)24-13-14-3-2-4-15(11-14)20(21,22)23/h2-6,11-12,24H,7-10,13H2,1H3. The van der Waals surface area contributed by atoms with E-state index < -0.39 is 21.8 Å². The fourth-order valence-corrected chi connectivity index (χ4v) is 4.69. The molecule has 1 N–H and O–H groups in total. The highest BCUT2D eigenvalue weighted by Crippen LogP contribution is 2.30. The Bertz CT molecular complexity index is 1050. The summed E-state index contributed by atoms with van der Waals surface area (Å²) in [5.41, 5.74) is -0.424. The number of carbonyl (C=O) groups is 1. The molecule has 6 nitrogen and oxygen atoms in total. The molecule has 0 aromatic heterocycles. The third kappa shape index (κ3) is 5.79. The molecule has 31 heavy (non-hydrogen) atoms. The number of nitrogens with one attached hydrogen (secondary N) is 1. The number of thioether (sulfide) groups is 1. The first kappa shape index (κ1) is 23.6. The van der Waals surface area contributed by atoms with Crippen molar-refractivity contribution in [3.63, 3.8) is 0 Å². The molecule has 3 rings (SSSR count). The molecule has 168 valence electrons. The Kier molecular flexibility index (Phi) is 7.30. The second-order valence-corrected chi connectivity index (χ2v) is 9.40. The van der Waals surface area contributed by atoms with Crippen molar-refractivity contribution in [2.45, 2.75) is 22.5 Å². The van der Waals surface area contributed by atoms with E-state index in [1.807, 2.05) is 0 Å². The average molecular weight is 475 g/mol. The summed E-state index contributed by atoms with van der Waals surface area (Å²) in [6.45, 7) is 1.34. The summed E-state index contributed by atoms with van der Waals surface area (Å²) in [5, 5.41) is 0. The maximum Gasteiger partial charge on any atom is 0.416 e. The number of carbonyl (C=O) groups excluding carboxylic acids is 1. The lowest BCUT2D eigenvalue weighted by atomic mass is 10.1. The van der Waals surface area contributed by atoms with Crippen LogP contribution < -0.4 is 4.72 Å². The first-order valence-corrected chi connectivity index (χ1v) is 12.0. The number of halogens is 3. The van der Waals surface area contributed by atoms with Gasteiger partial charge in [-0.1, -0.05) is 18.2 Å². The van der Waals surface area contributed by atoms with Gasteiger partial charge in [0.1, 0.15) is 0 Å². The number of sulfonamides is 1. The molecule has 2 aromatic rings. The predicted molar refractivity (Wildman–Crippen MR) is 110 cm³/mol. The van der Waals surface area contributed by atoms with Crippen LogP contribution >= 0.6 is 11.8 Å². The summed E-state index contributed by atoms with van der Waals surface area (Å²) in [6, 6.07) is 8.67. The Morgan fingerprint density at radius 2 is 1.87 bits per heavy atom. The van der Waals surface area contributed by atoms with Crippen LogP contribution in [0.5, 0.6) is 0 Å². The van der Waals surface area contributed by atoms with Crippen LogP contribution in [0.25, 0.3) is 0 Å². The number of nitrogens with zero attached hydrogens (tertiary/aromatic N) is 1. The Morgan fingerprint density at radius 1 is 1.16 bits per heavy atom. The highest BCUT2D eigenvalue weighted by Gasteiger charge is 2.30. The molecule has 0 atom stereocenters. The van der Waals surface area contributed by atoms with Gasteiger partial charge < -0.3 is 9.64 Å². The quantitative estimate of drug-likeness (QED) is 0.650. The molecule has 1 saturated heterocycles. The molecule has 0 saturated carbocycles. The number of hydrogen-bond donors (Lipinski definition) is 1. The van der Waals surface area contributed by atoms with Crippen molar-refractivity contribution in [3.05, 3.63) is 59.2 Å². The van der Waals surface area contributed by atoms with Gasteiger partial charge in [-0.25, -0.2) is 13.1 Å². The predicted octanol–water partition coefficient (Wildman–Crippen LogP) is 3.38. The zero-order chi connectivity index (χ0) is 22.6. The maximum atomic E-state index is 12.9. The summed E-state index contributed by atoms with van der Waals surface area (Å²) in [4.78, 5) is 15.0. The largest absolute Gasteiger partial charge is 0.416 e. The summed E-state index contributed by atoms with van der Waals surface area (Å²) < 4.78 is 71.7. The second kappa shape index (κ2) is 9.60. The van der Waals surface area contributed by atoms with Crippen molar-refractivity contribution in [3.8, 4) is 0 Å². The van der Waals surface area contributed by atoms with Gasteiger partial charge in [-0.3, -0.25) is 4.79 Å². The highest BCUT2D eigenvalue weighted by molar-refractivity contribution is 7.98. The number of hydrogen-bond acceptors (Lipinski definition) is 5. The van der Waals surface area contributed by atoms with Crippen molar-refractivity contribution >= 4 is 27.7 Å². The lowest BCUT2D eigenvalue weighted by Crippen LogP contribution is -2.41. The van der Waals surface area contributed by atoms with Crippen molar-refractivity contribution in [1.29, 1.82) is 0 Å². The lowest BCUT2D eigenvalue weighted by molar-refractivity contribution is -0.137. The van der Waals surface area contributed by atoms with E-state index >= 15 is 0 Å². The molecule has 11 heteroatoms. The molecule has 0 bridgehead atoms. The maximum absolute atomic E-state index is 12.9. The molecular weight excluding hydrogens is 453 g/mol. The van der Waals surface area contributed by atoms with E-state index in [0.29, 0.717) is 31.2 Å². The van der Waals surface area contributed by atoms with Crippen LogP contribution in [-0.4, -0.2) is 51.8 Å². The van der Waals surface area contributed by atoms with Crippen molar-refractivity contribution < 1.29 is 31.1 Å². The van der Waals surface area contributed by atoms with Crippen LogP contribution in [0, 0.1) is 0 Å². The number of ether oxygens (including phenoxy) is 1. The van der Waals surface area contributed by atoms with Gasteiger partial charge in [0.2, 0.25) is 10.0 Å². The number of amides is 1. The minimum atomic E-state index is -4.52. The SMILES string of the molecule is CSc1ccc(S(=O)(=O)NCc2cccc(C(F)(F)F)c2)cc1C(=O)N1CCOCC1. The van der Waals surface area contributed by atoms with E-state index in [-0.39, 0.29) is 28.5 Å². The van der Waals surface area contributed by atoms with Crippen LogP contribution in [-0.2, 0) is 27.5 Å². The monoisotopic (exact) mass is 474 g/mol. The summed E-state index contributed by atoms with van der Waals surface area (Å²) >= 11 is 1.32. The van der Waals surface area contributed by atoms with E-state index in [0.717, 1.165) is 12.1 Å². The molecule has 1 heterocycles. The zero-order valence-corrected chi connectivity index (χ0v) is 18.2. The topological polar surface area (TPSA) is 75.7 Å². The summed E-state index contributed by atoms with van der Waals surface area (Å²) in [6.07, 6.45) is -2.73. The number of morpholine rings is 1. The molecule has 0 unspecified atom stereocenters. The molecule has 2 aromatic carbocycles. The first-order valence-electron chi connectivity index (χ1n) is 9.32. The Hall–Kier alpha value is -2.08. The molecule has 1 aliphatic rings. The van der Waals surface area contributed by atoms with Crippen molar-refractivity contribution in [2.75, 3.05) is 32.6 Å². The van der Waals surface area contributed by atoms with Crippen LogP contribution in [0.4, 0.5) is 13.2 Å². The zero-order valence-electron chi connectivity index (χ0n) is 16.6. The number of benzene rings is 2. The molecule has 1 amide bonds. The Morgan fingerprint density at radius 3 is 2.52 bits per heavy atom. The molecule has 1 aliphatic heterocycles. The molecule has 0 radical (unpaired) electrons. The van der Waals surface area contributed by atoms with Gasteiger partial charge in [0.15, 0.2) is 0 Å². The first-order chi connectivity index (χ1) is 14.6. The molecule has 1 fully saturated rings. The van der Waals surface area contributed by atoms with Gasteiger partial charge in [0.25, 0.3) is 5.91 Å². The van der Waals surface area contributed by atoms with Crippen LogP contribution in [0.2, 0.25) is 0 Å². The van der Waals surface area contributed by atoms with Gasteiger partial charge in [-0.2, -0.15) is 13.2 Å². The fourth-order valence-electron chi connectivity index (χ4n) is 3.08. The smallest absolute Gasteiger partial charge is 0.378 e. The van der Waals surface area contributed by atoms with Gasteiger partial charge in [0.05, 0.1) is 29.2 Å². The minimum absolute atomic E-state index is 0.131. The van der Waals surface area contributed by atoms with Gasteiger partial charge in [-0.05, 0) is 36.1 Å². The van der Waals surface area contributed by atoms with E-state index in [9.17, 15) is 26.4 Å². The average Bonchev–Trinajstić information content (AvgIpc) is 2.77. The summed E-state index contributed by atoms with van der Waals surface area (Å²) in [7, 11) is -4.05. The fraction of sp³-hybridized carbons (Fsp3) is 0.350. The normalized spacial score (nSPS) is 15.2. The van der Waals surface area contributed by atoms with Gasteiger partial charge >= 0.3 is 6.18 Å². The lowest BCUT2D eigenvalue weighted by Gasteiger charge is -2.27. The molecule has 0 aliphatic carbocycles. The van der Waals surface area contributed by atoms with E-state index in [1.165, 1.54) is 36.0 Å². The molecule has 0 spiro atoms. The van der Waals surface area contributed by atoms with Crippen LogP contribution in [0.15, 0.2) is 52.3 Å². The third-order valence-electron chi connectivity index (χ3n) is 4.73.